The van der Waals surface area contributed by atoms with Crippen molar-refractivity contribution >= 4 is 23.2 Å². The molecular weight excluding hydrogens is 416 g/mol. The van der Waals surface area contributed by atoms with Crippen molar-refractivity contribution < 1.29 is 14.5 Å². The summed E-state index contributed by atoms with van der Waals surface area (Å²) in [5.74, 6) is -1.21. The number of aromatic nitrogens is 3. The topological polar surface area (TPSA) is 160 Å². The highest BCUT2D eigenvalue weighted by Gasteiger charge is 2.38. The smallest absolute Gasteiger partial charge is 0.378 e. The molecule has 0 aromatic carbocycles. The monoisotopic (exact) mass is 438 g/mol. The third-order valence-corrected chi connectivity index (χ3v) is 5.48. The molecule has 0 amide bonds. The van der Waals surface area contributed by atoms with Gasteiger partial charge in [-0.15, -0.1) is 0 Å². The summed E-state index contributed by atoms with van der Waals surface area (Å²) in [6.07, 6.45) is 3.40. The highest BCUT2D eigenvalue weighted by Crippen LogP contribution is 2.27. The maximum atomic E-state index is 12.7. The van der Waals surface area contributed by atoms with Crippen molar-refractivity contribution in [3.05, 3.63) is 63.5 Å². The van der Waals surface area contributed by atoms with Crippen LogP contribution in [0.4, 0.5) is 11.6 Å². The molecule has 1 aliphatic carbocycles. The summed E-state index contributed by atoms with van der Waals surface area (Å²) in [6, 6.07) is 5.87. The number of rotatable bonds is 7. The molecule has 0 atom stereocenters. The Labute approximate surface area is 183 Å². The lowest BCUT2D eigenvalue weighted by molar-refractivity contribution is -0.389. The van der Waals surface area contributed by atoms with Crippen LogP contribution >= 0.6 is 0 Å². The zero-order valence-electron chi connectivity index (χ0n) is 17.2. The lowest BCUT2D eigenvalue weighted by Crippen LogP contribution is -2.47. The van der Waals surface area contributed by atoms with Crippen LogP contribution in [0, 0.1) is 10.1 Å². The fourth-order valence-corrected chi connectivity index (χ4v) is 3.82. The Balaban J connectivity index is 1.31. The molecule has 2 aliphatic rings. The van der Waals surface area contributed by atoms with E-state index in [1.54, 1.807) is 6.20 Å². The van der Waals surface area contributed by atoms with Crippen LogP contribution in [-0.2, 0) is 0 Å². The van der Waals surface area contributed by atoms with Crippen LogP contribution in [0.1, 0.15) is 27.3 Å². The Hall–Kier alpha value is -3.93. The molecule has 0 spiro atoms. The van der Waals surface area contributed by atoms with Crippen LogP contribution in [0.2, 0.25) is 0 Å². The maximum Gasteiger partial charge on any atom is 0.378 e. The van der Waals surface area contributed by atoms with Gasteiger partial charge in [0.15, 0.2) is 5.56 Å². The Bertz CT molecular complexity index is 1080. The van der Waals surface area contributed by atoms with Gasteiger partial charge in [-0.3, -0.25) is 14.5 Å². The standard InChI is InChI=1S/C20H22N8O4/c21-15-17(19(30)16-14(18(15)29)20(28(31)32)25-12-24-16)23-6-3-7-26-8-10-27(11-9-26)13-4-1-2-5-22-13/h1-2,4-5,12,23H,3,6-11,21H2. The fraction of sp³-hybridized carbons (Fsp3) is 0.350. The van der Waals surface area contributed by atoms with Gasteiger partial charge >= 0.3 is 5.82 Å². The lowest BCUT2D eigenvalue weighted by atomic mass is 9.95. The average molecular weight is 438 g/mol. The molecule has 3 heterocycles. The third kappa shape index (κ3) is 4.12. The number of hydrogen-bond acceptors (Lipinski definition) is 11. The Morgan fingerprint density at radius 2 is 1.88 bits per heavy atom. The average Bonchev–Trinajstić information content (AvgIpc) is 2.82. The van der Waals surface area contributed by atoms with E-state index < -0.39 is 27.9 Å². The number of nitro groups is 1. The van der Waals surface area contributed by atoms with Gasteiger partial charge < -0.3 is 26.1 Å². The molecule has 2 aromatic rings. The first kappa shape index (κ1) is 21.3. The van der Waals surface area contributed by atoms with Crippen molar-refractivity contribution in [2.45, 2.75) is 6.42 Å². The van der Waals surface area contributed by atoms with E-state index in [2.05, 4.69) is 30.1 Å². The first-order valence-electron chi connectivity index (χ1n) is 10.2. The van der Waals surface area contributed by atoms with Crippen LogP contribution in [0.3, 0.4) is 0 Å². The minimum atomic E-state index is -0.828. The molecule has 4 rings (SSSR count). The van der Waals surface area contributed by atoms with Crippen LogP contribution in [0.25, 0.3) is 0 Å². The first-order chi connectivity index (χ1) is 15.5. The number of anilines is 1. The molecule has 0 bridgehead atoms. The van der Waals surface area contributed by atoms with Crippen molar-refractivity contribution in [1.82, 2.24) is 25.2 Å². The molecule has 166 valence electrons. The number of nitrogens with zero attached hydrogens (tertiary/aromatic N) is 6. The van der Waals surface area contributed by atoms with Crippen molar-refractivity contribution in [3.63, 3.8) is 0 Å². The second kappa shape index (κ2) is 9.06. The highest BCUT2D eigenvalue weighted by atomic mass is 16.6. The van der Waals surface area contributed by atoms with Crippen molar-refractivity contribution in [2.24, 2.45) is 5.73 Å². The zero-order valence-corrected chi connectivity index (χ0v) is 17.2. The molecular formula is C20H22N8O4. The Kier molecular flexibility index (Phi) is 6.03. The lowest BCUT2D eigenvalue weighted by Gasteiger charge is -2.35. The highest BCUT2D eigenvalue weighted by molar-refractivity contribution is 6.26. The Morgan fingerprint density at radius 3 is 2.56 bits per heavy atom. The van der Waals surface area contributed by atoms with Crippen LogP contribution in [0.5, 0.6) is 0 Å². The van der Waals surface area contributed by atoms with E-state index in [-0.39, 0.29) is 17.1 Å². The van der Waals surface area contributed by atoms with Crippen LogP contribution < -0.4 is 16.0 Å². The van der Waals surface area contributed by atoms with Gasteiger partial charge in [0.25, 0.3) is 0 Å². The molecule has 3 N–H and O–H groups in total. The molecule has 0 radical (unpaired) electrons. The number of carbonyl (C=O) groups is 2. The number of nitrogens with two attached hydrogens (primary N) is 1. The number of fused-ring (bicyclic) bond motifs is 1. The molecule has 1 fully saturated rings. The third-order valence-electron chi connectivity index (χ3n) is 5.48. The molecule has 12 heteroatoms. The SMILES string of the molecule is NC1=C(NCCCN2CCN(c3ccccn3)CC2)C(=O)c2ncnc([N+](=O)[O-])c2C1=O. The van der Waals surface area contributed by atoms with E-state index in [4.69, 9.17) is 5.73 Å². The summed E-state index contributed by atoms with van der Waals surface area (Å²) in [5.41, 5.74) is 4.64. The van der Waals surface area contributed by atoms with E-state index in [1.165, 1.54) is 0 Å². The number of carbonyl (C=O) groups excluding carboxylic acids is 2. The van der Waals surface area contributed by atoms with Gasteiger partial charge in [0.1, 0.15) is 22.9 Å². The number of ketones is 2. The molecule has 0 unspecified atom stereocenters. The van der Waals surface area contributed by atoms with Gasteiger partial charge in [0, 0.05) is 38.9 Å². The van der Waals surface area contributed by atoms with Crippen molar-refractivity contribution in [1.29, 1.82) is 0 Å². The predicted molar refractivity (Wildman–Crippen MR) is 114 cm³/mol. The van der Waals surface area contributed by atoms with Gasteiger partial charge in [-0.05, 0) is 35.0 Å². The van der Waals surface area contributed by atoms with Gasteiger partial charge in [-0.25, -0.2) is 9.97 Å². The number of nitrogens with one attached hydrogen (secondary N) is 1. The largest absolute Gasteiger partial charge is 0.394 e. The summed E-state index contributed by atoms with van der Waals surface area (Å²) in [4.78, 5) is 51.8. The second-order valence-electron chi connectivity index (χ2n) is 7.42. The summed E-state index contributed by atoms with van der Waals surface area (Å²) in [7, 11) is 0. The number of hydrogen-bond donors (Lipinski definition) is 2. The van der Waals surface area contributed by atoms with E-state index in [0.29, 0.717) is 6.54 Å². The molecule has 32 heavy (non-hydrogen) atoms. The number of pyridine rings is 1. The first-order valence-corrected chi connectivity index (χ1v) is 10.2. The van der Waals surface area contributed by atoms with Crippen LogP contribution in [0.15, 0.2) is 42.1 Å². The zero-order chi connectivity index (χ0) is 22.7. The van der Waals surface area contributed by atoms with E-state index in [9.17, 15) is 19.7 Å². The molecule has 1 aliphatic heterocycles. The van der Waals surface area contributed by atoms with Gasteiger partial charge in [-0.2, -0.15) is 0 Å². The fourth-order valence-electron chi connectivity index (χ4n) is 3.82. The van der Waals surface area contributed by atoms with Crippen molar-refractivity contribution in [3.8, 4) is 0 Å². The number of allylic oxidation sites excluding steroid dienone is 2. The van der Waals surface area contributed by atoms with Gasteiger partial charge in [-0.1, -0.05) is 6.07 Å². The van der Waals surface area contributed by atoms with Gasteiger partial charge in [0.05, 0.1) is 0 Å². The van der Waals surface area contributed by atoms with E-state index in [1.807, 2.05) is 18.2 Å². The summed E-state index contributed by atoms with van der Waals surface area (Å²) >= 11 is 0. The number of Topliss-reactive ketones (excluding diaryl/α,β-unsaturated/α-hetero) is 2. The van der Waals surface area contributed by atoms with Crippen LogP contribution in [-0.4, -0.2) is 75.6 Å². The molecule has 2 aromatic heterocycles. The summed E-state index contributed by atoms with van der Waals surface area (Å²) < 4.78 is 0. The van der Waals surface area contributed by atoms with Crippen molar-refractivity contribution in [2.75, 3.05) is 44.2 Å². The molecule has 1 saturated heterocycles. The van der Waals surface area contributed by atoms with E-state index in [0.717, 1.165) is 51.3 Å². The summed E-state index contributed by atoms with van der Waals surface area (Å²) in [5, 5.41) is 14.1. The second-order valence-corrected chi connectivity index (χ2v) is 7.42. The molecule has 12 nitrogen and oxygen atoms in total. The predicted octanol–water partition coefficient (Wildman–Crippen LogP) is 0.131. The quantitative estimate of drug-likeness (QED) is 0.343. The van der Waals surface area contributed by atoms with Gasteiger partial charge in [0.2, 0.25) is 17.9 Å². The minimum absolute atomic E-state index is 0.0736. The minimum Gasteiger partial charge on any atom is -0.394 e. The normalized spacial score (nSPS) is 16.8. The molecule has 0 saturated carbocycles. The number of piperazine rings is 1. The van der Waals surface area contributed by atoms with E-state index >= 15 is 0 Å². The maximum absolute atomic E-state index is 12.7. The summed E-state index contributed by atoms with van der Waals surface area (Å²) in [6.45, 7) is 4.77. The Morgan fingerprint density at radius 1 is 1.09 bits per heavy atom.